The third-order valence-electron chi connectivity index (χ3n) is 2.83. The molecular formula is C13H17ClN2. The summed E-state index contributed by atoms with van der Waals surface area (Å²) in [6, 6.07) is 8.62. The molecule has 0 spiro atoms. The predicted octanol–water partition coefficient (Wildman–Crippen LogP) is 3.38. The van der Waals surface area contributed by atoms with Gasteiger partial charge < -0.3 is 10.3 Å². The number of nitrogens with zero attached hydrogens (tertiary/aromatic N) is 1. The van der Waals surface area contributed by atoms with E-state index in [1.807, 2.05) is 12.1 Å². The molecule has 16 heavy (non-hydrogen) atoms. The Bertz CT molecular complexity index is 500. The highest BCUT2D eigenvalue weighted by molar-refractivity contribution is 6.35. The fourth-order valence-electron chi connectivity index (χ4n) is 2.22. The number of hydrogen-bond donors (Lipinski definition) is 1. The molecule has 1 aromatic carbocycles. The van der Waals surface area contributed by atoms with Crippen LogP contribution in [0.1, 0.15) is 25.6 Å². The van der Waals surface area contributed by atoms with Gasteiger partial charge in [0, 0.05) is 27.7 Å². The average Bonchev–Trinajstić information content (AvgIpc) is 2.58. The molecule has 2 rings (SSSR count). The molecular weight excluding hydrogens is 220 g/mol. The van der Waals surface area contributed by atoms with Crippen molar-refractivity contribution >= 4 is 22.5 Å². The van der Waals surface area contributed by atoms with Gasteiger partial charge in [-0.15, -0.1) is 0 Å². The Balaban J connectivity index is 2.70. The lowest BCUT2D eigenvalue weighted by Gasteiger charge is -2.14. The van der Waals surface area contributed by atoms with Crippen LogP contribution in [0.5, 0.6) is 0 Å². The number of halogens is 1. The summed E-state index contributed by atoms with van der Waals surface area (Å²) in [6.07, 6.45) is 0.892. The summed E-state index contributed by atoms with van der Waals surface area (Å²) in [4.78, 5) is 0. The van der Waals surface area contributed by atoms with Crippen molar-refractivity contribution in [1.82, 2.24) is 4.57 Å². The normalized spacial score (nSPS) is 11.6. The lowest BCUT2D eigenvalue weighted by Crippen LogP contribution is -2.10. The molecule has 0 aliphatic heterocycles. The zero-order valence-electron chi connectivity index (χ0n) is 9.70. The van der Waals surface area contributed by atoms with E-state index in [0.29, 0.717) is 12.6 Å². The van der Waals surface area contributed by atoms with Crippen LogP contribution < -0.4 is 5.73 Å². The van der Waals surface area contributed by atoms with Crippen molar-refractivity contribution in [1.29, 1.82) is 0 Å². The summed E-state index contributed by atoms with van der Waals surface area (Å²) in [5, 5.41) is 1.94. The number of fused-ring (bicyclic) bond motifs is 1. The van der Waals surface area contributed by atoms with Gasteiger partial charge in [-0.2, -0.15) is 0 Å². The molecule has 1 heterocycles. The minimum Gasteiger partial charge on any atom is -0.342 e. The summed E-state index contributed by atoms with van der Waals surface area (Å²) in [5.41, 5.74) is 8.11. The van der Waals surface area contributed by atoms with Crippen molar-refractivity contribution in [2.24, 2.45) is 5.73 Å². The molecule has 0 aliphatic carbocycles. The fourth-order valence-corrected chi connectivity index (χ4v) is 2.44. The molecule has 2 aromatic rings. The predicted molar refractivity (Wildman–Crippen MR) is 70.1 cm³/mol. The standard InChI is InChI=1S/C13H17ClN2/c1-9(2)16-10(6-7-15)8-11-12(14)4-3-5-13(11)16/h3-5,8-9H,6-7,15H2,1-2H3. The highest BCUT2D eigenvalue weighted by atomic mass is 35.5. The number of hydrogen-bond acceptors (Lipinski definition) is 1. The first-order valence-electron chi connectivity index (χ1n) is 5.63. The molecule has 0 fully saturated rings. The molecule has 0 atom stereocenters. The summed E-state index contributed by atoms with van der Waals surface area (Å²) in [6.45, 7) is 5.03. The van der Waals surface area contributed by atoms with Crippen LogP contribution in [0, 0.1) is 0 Å². The van der Waals surface area contributed by atoms with E-state index in [9.17, 15) is 0 Å². The Kier molecular flexibility index (Phi) is 3.22. The molecule has 2 N–H and O–H groups in total. The van der Waals surface area contributed by atoms with Crippen LogP contribution >= 0.6 is 11.6 Å². The Labute approximate surface area is 101 Å². The molecule has 0 saturated carbocycles. The van der Waals surface area contributed by atoms with E-state index in [-0.39, 0.29) is 0 Å². The van der Waals surface area contributed by atoms with Gasteiger partial charge in [0.1, 0.15) is 0 Å². The molecule has 0 radical (unpaired) electrons. The largest absolute Gasteiger partial charge is 0.342 e. The maximum atomic E-state index is 6.20. The topological polar surface area (TPSA) is 30.9 Å². The van der Waals surface area contributed by atoms with E-state index in [1.165, 1.54) is 11.2 Å². The zero-order chi connectivity index (χ0) is 11.7. The Morgan fingerprint density at radius 2 is 2.12 bits per heavy atom. The molecule has 3 heteroatoms. The van der Waals surface area contributed by atoms with E-state index < -0.39 is 0 Å². The van der Waals surface area contributed by atoms with Gasteiger partial charge in [-0.3, -0.25) is 0 Å². The number of aromatic nitrogens is 1. The van der Waals surface area contributed by atoms with E-state index in [4.69, 9.17) is 17.3 Å². The lowest BCUT2D eigenvalue weighted by molar-refractivity contribution is 0.594. The van der Waals surface area contributed by atoms with Crippen LogP contribution in [0.3, 0.4) is 0 Å². The van der Waals surface area contributed by atoms with E-state index in [2.05, 4.69) is 30.5 Å². The second kappa shape index (κ2) is 4.48. The zero-order valence-corrected chi connectivity index (χ0v) is 10.5. The van der Waals surface area contributed by atoms with Crippen molar-refractivity contribution < 1.29 is 0 Å². The van der Waals surface area contributed by atoms with Crippen molar-refractivity contribution in [2.45, 2.75) is 26.3 Å². The molecule has 0 unspecified atom stereocenters. The summed E-state index contributed by atoms with van der Waals surface area (Å²) in [7, 11) is 0. The lowest BCUT2D eigenvalue weighted by atomic mass is 10.2. The minimum atomic E-state index is 0.428. The molecule has 0 aliphatic rings. The smallest absolute Gasteiger partial charge is 0.0500 e. The molecule has 1 aromatic heterocycles. The fraction of sp³-hybridized carbons (Fsp3) is 0.385. The van der Waals surface area contributed by atoms with Crippen molar-refractivity contribution in [3.05, 3.63) is 35.0 Å². The van der Waals surface area contributed by atoms with E-state index in [1.54, 1.807) is 0 Å². The van der Waals surface area contributed by atoms with Gasteiger partial charge in [0.05, 0.1) is 0 Å². The van der Waals surface area contributed by atoms with E-state index in [0.717, 1.165) is 16.8 Å². The Morgan fingerprint density at radius 3 is 2.75 bits per heavy atom. The monoisotopic (exact) mass is 236 g/mol. The number of benzene rings is 1. The highest BCUT2D eigenvalue weighted by Crippen LogP contribution is 2.29. The second-order valence-corrected chi connectivity index (χ2v) is 4.72. The molecule has 2 nitrogen and oxygen atoms in total. The average molecular weight is 237 g/mol. The van der Waals surface area contributed by atoms with Crippen molar-refractivity contribution in [3.8, 4) is 0 Å². The van der Waals surface area contributed by atoms with Crippen LogP contribution in [0.4, 0.5) is 0 Å². The van der Waals surface area contributed by atoms with Crippen LogP contribution in [0.15, 0.2) is 24.3 Å². The quantitative estimate of drug-likeness (QED) is 0.870. The van der Waals surface area contributed by atoms with Gasteiger partial charge in [-0.25, -0.2) is 0 Å². The van der Waals surface area contributed by atoms with Crippen LogP contribution in [-0.4, -0.2) is 11.1 Å². The first-order valence-corrected chi connectivity index (χ1v) is 6.01. The van der Waals surface area contributed by atoms with Gasteiger partial charge in [0.2, 0.25) is 0 Å². The van der Waals surface area contributed by atoms with Gasteiger partial charge >= 0.3 is 0 Å². The summed E-state index contributed by atoms with van der Waals surface area (Å²) < 4.78 is 2.31. The Morgan fingerprint density at radius 1 is 1.38 bits per heavy atom. The van der Waals surface area contributed by atoms with Crippen molar-refractivity contribution in [3.63, 3.8) is 0 Å². The van der Waals surface area contributed by atoms with Crippen LogP contribution in [-0.2, 0) is 6.42 Å². The van der Waals surface area contributed by atoms with E-state index >= 15 is 0 Å². The molecule has 0 amide bonds. The maximum Gasteiger partial charge on any atom is 0.0500 e. The van der Waals surface area contributed by atoms with Crippen LogP contribution in [0.2, 0.25) is 5.02 Å². The summed E-state index contributed by atoms with van der Waals surface area (Å²) in [5.74, 6) is 0. The maximum absolute atomic E-state index is 6.20. The molecule has 0 bridgehead atoms. The minimum absolute atomic E-state index is 0.428. The molecule has 86 valence electrons. The van der Waals surface area contributed by atoms with Gasteiger partial charge in [-0.1, -0.05) is 17.7 Å². The SMILES string of the molecule is CC(C)n1c(CCN)cc2c(Cl)cccc21. The van der Waals surface area contributed by atoms with Gasteiger partial charge in [-0.05, 0) is 45.0 Å². The summed E-state index contributed by atoms with van der Waals surface area (Å²) >= 11 is 6.20. The number of nitrogens with two attached hydrogens (primary N) is 1. The van der Waals surface area contributed by atoms with Gasteiger partial charge in [0.15, 0.2) is 0 Å². The highest BCUT2D eigenvalue weighted by Gasteiger charge is 2.12. The molecule has 0 saturated heterocycles. The first-order chi connectivity index (χ1) is 7.65. The first kappa shape index (κ1) is 11.5. The van der Waals surface area contributed by atoms with Crippen LogP contribution in [0.25, 0.3) is 10.9 Å². The second-order valence-electron chi connectivity index (χ2n) is 4.31. The third-order valence-corrected chi connectivity index (χ3v) is 3.16. The van der Waals surface area contributed by atoms with Crippen molar-refractivity contribution in [2.75, 3.05) is 6.54 Å². The third kappa shape index (κ3) is 1.83. The Hall–Kier alpha value is -0.990. The number of rotatable bonds is 3. The van der Waals surface area contributed by atoms with Gasteiger partial charge in [0.25, 0.3) is 0 Å².